The number of rotatable bonds is 6. The Kier molecular flexibility index (Phi) is 5.44. The number of anilines is 1. The molecule has 0 saturated heterocycles. The van der Waals surface area contributed by atoms with Gasteiger partial charge in [-0.1, -0.05) is 30.9 Å². The second-order valence-corrected chi connectivity index (χ2v) is 3.50. The Balaban J connectivity index is 2.77. The van der Waals surface area contributed by atoms with Crippen molar-refractivity contribution in [3.05, 3.63) is 43.0 Å². The van der Waals surface area contributed by atoms with E-state index in [4.69, 9.17) is 9.84 Å². The lowest BCUT2D eigenvalue weighted by molar-refractivity contribution is -0.136. The average Bonchev–Trinajstić information content (AvgIpc) is 2.37. The predicted octanol–water partition coefficient (Wildman–Crippen LogP) is 2.29. The van der Waals surface area contributed by atoms with Crippen LogP contribution >= 0.6 is 0 Å². The number of carboxylic acids is 1. The summed E-state index contributed by atoms with van der Waals surface area (Å²) in [6, 6.07) is 8.79. The Morgan fingerprint density at radius 1 is 1.33 bits per heavy atom. The quantitative estimate of drug-likeness (QED) is 0.785. The van der Waals surface area contributed by atoms with Gasteiger partial charge in [-0.3, -0.25) is 9.69 Å². The number of hydrogen-bond donors (Lipinski definition) is 1. The normalized spacial score (nSPS) is 9.56. The number of carboxylic acid groups (broad SMARTS) is 1. The first-order valence-corrected chi connectivity index (χ1v) is 5.47. The van der Waals surface area contributed by atoms with Gasteiger partial charge in [0.05, 0.1) is 6.42 Å². The summed E-state index contributed by atoms with van der Waals surface area (Å²) >= 11 is 0. The van der Waals surface area contributed by atoms with Crippen LogP contribution < -0.4 is 4.90 Å². The number of ether oxygens (including phenoxy) is 1. The second-order valence-electron chi connectivity index (χ2n) is 3.50. The summed E-state index contributed by atoms with van der Waals surface area (Å²) in [6.07, 6.45) is 0.735. The molecule has 0 aliphatic heterocycles. The largest absolute Gasteiger partial charge is 0.481 e. The lowest BCUT2D eigenvalue weighted by Gasteiger charge is -2.21. The molecule has 0 bridgehead atoms. The number of hydrogen-bond acceptors (Lipinski definition) is 3. The van der Waals surface area contributed by atoms with Crippen molar-refractivity contribution in [1.82, 2.24) is 0 Å². The van der Waals surface area contributed by atoms with Crippen LogP contribution in [0.1, 0.15) is 6.42 Å². The van der Waals surface area contributed by atoms with Gasteiger partial charge in [0, 0.05) is 12.2 Å². The van der Waals surface area contributed by atoms with Crippen molar-refractivity contribution in [2.75, 3.05) is 18.1 Å². The van der Waals surface area contributed by atoms with Crippen LogP contribution in [0.3, 0.4) is 0 Å². The minimum Gasteiger partial charge on any atom is -0.481 e. The van der Waals surface area contributed by atoms with Crippen LogP contribution in [0.2, 0.25) is 0 Å². The molecular weight excluding hydrogens is 234 g/mol. The maximum atomic E-state index is 11.8. The SMILES string of the molecule is C=CCOC(=O)N(CCC(=O)O)c1ccccc1. The van der Waals surface area contributed by atoms with Crippen LogP contribution in [0.15, 0.2) is 43.0 Å². The van der Waals surface area contributed by atoms with Gasteiger partial charge in [0.15, 0.2) is 0 Å². The molecule has 0 atom stereocenters. The lowest BCUT2D eigenvalue weighted by Crippen LogP contribution is -2.33. The van der Waals surface area contributed by atoms with Gasteiger partial charge in [-0.2, -0.15) is 0 Å². The molecule has 5 heteroatoms. The van der Waals surface area contributed by atoms with E-state index in [9.17, 15) is 9.59 Å². The van der Waals surface area contributed by atoms with Gasteiger partial charge in [-0.15, -0.1) is 0 Å². The van der Waals surface area contributed by atoms with E-state index in [2.05, 4.69) is 6.58 Å². The van der Waals surface area contributed by atoms with Gasteiger partial charge < -0.3 is 9.84 Å². The molecule has 1 aromatic rings. The first-order valence-electron chi connectivity index (χ1n) is 5.47. The van der Waals surface area contributed by atoms with E-state index in [1.54, 1.807) is 24.3 Å². The molecule has 0 aliphatic rings. The van der Waals surface area contributed by atoms with Crippen LogP contribution in [0, 0.1) is 0 Å². The van der Waals surface area contributed by atoms with Crippen LogP contribution in [0.25, 0.3) is 0 Å². The van der Waals surface area contributed by atoms with Crippen molar-refractivity contribution in [3.8, 4) is 0 Å². The topological polar surface area (TPSA) is 66.8 Å². The van der Waals surface area contributed by atoms with Gasteiger partial charge in [0.1, 0.15) is 6.61 Å². The summed E-state index contributed by atoms with van der Waals surface area (Å²) in [7, 11) is 0. The summed E-state index contributed by atoms with van der Waals surface area (Å²) < 4.78 is 4.92. The van der Waals surface area contributed by atoms with Crippen molar-refractivity contribution in [1.29, 1.82) is 0 Å². The molecule has 0 aliphatic carbocycles. The monoisotopic (exact) mass is 249 g/mol. The van der Waals surface area contributed by atoms with E-state index in [0.717, 1.165) is 0 Å². The molecule has 1 aromatic carbocycles. The summed E-state index contributed by atoms with van der Waals surface area (Å²) in [4.78, 5) is 23.6. The Morgan fingerprint density at radius 2 is 2.00 bits per heavy atom. The highest BCUT2D eigenvalue weighted by Crippen LogP contribution is 2.15. The zero-order chi connectivity index (χ0) is 13.4. The molecular formula is C13H15NO4. The molecule has 18 heavy (non-hydrogen) atoms. The van der Waals surface area contributed by atoms with Crippen LogP contribution in [0.4, 0.5) is 10.5 Å². The summed E-state index contributed by atoms with van der Waals surface area (Å²) in [5.74, 6) is -0.965. The van der Waals surface area contributed by atoms with E-state index >= 15 is 0 Å². The third kappa shape index (κ3) is 4.29. The molecule has 0 heterocycles. The second kappa shape index (κ2) is 7.11. The number of nitrogens with zero attached hydrogens (tertiary/aromatic N) is 1. The summed E-state index contributed by atoms with van der Waals surface area (Å²) in [5.41, 5.74) is 0.604. The standard InChI is InChI=1S/C13H15NO4/c1-2-10-18-13(17)14(9-8-12(15)16)11-6-4-3-5-7-11/h2-7H,1,8-10H2,(H,15,16). The van der Waals surface area contributed by atoms with Crippen LogP contribution in [-0.4, -0.2) is 30.3 Å². The fourth-order valence-electron chi connectivity index (χ4n) is 1.35. The van der Waals surface area contributed by atoms with Gasteiger partial charge in [-0.05, 0) is 12.1 Å². The molecule has 0 unspecified atom stereocenters. The molecule has 0 radical (unpaired) electrons. The maximum Gasteiger partial charge on any atom is 0.414 e. The van der Waals surface area contributed by atoms with Crippen molar-refractivity contribution in [2.45, 2.75) is 6.42 Å². The summed E-state index contributed by atoms with van der Waals surface area (Å²) in [5, 5.41) is 8.67. The van der Waals surface area contributed by atoms with Crippen molar-refractivity contribution in [3.63, 3.8) is 0 Å². The highest BCUT2D eigenvalue weighted by atomic mass is 16.6. The van der Waals surface area contributed by atoms with E-state index in [1.165, 1.54) is 11.0 Å². The first-order chi connectivity index (χ1) is 8.65. The van der Waals surface area contributed by atoms with Crippen molar-refractivity contribution < 1.29 is 19.4 Å². The zero-order valence-electron chi connectivity index (χ0n) is 9.91. The third-order valence-electron chi connectivity index (χ3n) is 2.16. The number of benzene rings is 1. The molecule has 0 saturated carbocycles. The smallest absolute Gasteiger partial charge is 0.414 e. The van der Waals surface area contributed by atoms with Crippen molar-refractivity contribution in [2.24, 2.45) is 0 Å². The Bertz CT molecular complexity index is 416. The fraction of sp³-hybridized carbons (Fsp3) is 0.231. The van der Waals surface area contributed by atoms with E-state index in [1.807, 2.05) is 6.07 Å². The van der Waals surface area contributed by atoms with Gasteiger partial charge in [-0.25, -0.2) is 4.79 Å². The fourth-order valence-corrected chi connectivity index (χ4v) is 1.35. The number of amides is 1. The molecule has 0 fully saturated rings. The number of para-hydroxylation sites is 1. The number of carbonyl (C=O) groups is 2. The minimum atomic E-state index is -0.965. The van der Waals surface area contributed by atoms with E-state index < -0.39 is 12.1 Å². The Morgan fingerprint density at radius 3 is 2.56 bits per heavy atom. The molecule has 1 N–H and O–H groups in total. The van der Waals surface area contributed by atoms with E-state index in [0.29, 0.717) is 5.69 Å². The molecule has 1 amide bonds. The van der Waals surface area contributed by atoms with Gasteiger partial charge in [0.25, 0.3) is 0 Å². The maximum absolute atomic E-state index is 11.8. The Hall–Kier alpha value is -2.30. The first kappa shape index (κ1) is 13.8. The highest BCUT2D eigenvalue weighted by molar-refractivity contribution is 5.88. The lowest BCUT2D eigenvalue weighted by atomic mass is 10.3. The molecule has 5 nitrogen and oxygen atoms in total. The van der Waals surface area contributed by atoms with Gasteiger partial charge >= 0.3 is 12.1 Å². The highest BCUT2D eigenvalue weighted by Gasteiger charge is 2.17. The molecule has 96 valence electrons. The van der Waals surface area contributed by atoms with Gasteiger partial charge in [0.2, 0.25) is 0 Å². The minimum absolute atomic E-state index is 0.0648. The zero-order valence-corrected chi connectivity index (χ0v) is 9.91. The average molecular weight is 249 g/mol. The third-order valence-corrected chi connectivity index (χ3v) is 2.16. The molecule has 1 rings (SSSR count). The number of aliphatic carboxylic acids is 1. The van der Waals surface area contributed by atoms with Crippen LogP contribution in [-0.2, 0) is 9.53 Å². The Labute approximate surface area is 105 Å². The van der Waals surface area contributed by atoms with Crippen LogP contribution in [0.5, 0.6) is 0 Å². The van der Waals surface area contributed by atoms with Crippen molar-refractivity contribution >= 4 is 17.7 Å². The molecule has 0 spiro atoms. The predicted molar refractivity (Wildman–Crippen MR) is 67.6 cm³/mol. The number of carbonyl (C=O) groups excluding carboxylic acids is 1. The summed E-state index contributed by atoms with van der Waals surface area (Å²) in [6.45, 7) is 3.61. The molecule has 0 aromatic heterocycles. The van der Waals surface area contributed by atoms with E-state index in [-0.39, 0.29) is 19.6 Å².